The minimum Gasteiger partial charge on any atom is -0.618 e. The average Bonchev–Trinajstić information content (AvgIpc) is 2.79. The highest BCUT2D eigenvalue weighted by atomic mass is 35.5. The van der Waals surface area contributed by atoms with Gasteiger partial charge in [0.15, 0.2) is 6.20 Å². The van der Waals surface area contributed by atoms with Crippen molar-refractivity contribution in [2.45, 2.75) is 4.90 Å². The van der Waals surface area contributed by atoms with Gasteiger partial charge in [0.25, 0.3) is 15.9 Å². The number of nitrogens with zero attached hydrogens (tertiary/aromatic N) is 3. The smallest absolute Gasteiger partial charge is 0.270 e. The summed E-state index contributed by atoms with van der Waals surface area (Å²) in [5, 5.41) is 12.0. The first-order valence-electron chi connectivity index (χ1n) is 10.1. The predicted molar refractivity (Wildman–Crippen MR) is 134 cm³/mol. The molecule has 0 aliphatic heterocycles. The average molecular weight is 504 g/mol. The van der Waals surface area contributed by atoms with Crippen LogP contribution in [0.1, 0.15) is 11.3 Å². The topological polar surface area (TPSA) is 93.9 Å². The molecule has 1 heterocycles. The van der Waals surface area contributed by atoms with Crippen LogP contribution < -0.4 is 13.8 Å². The Labute approximate surface area is 205 Å². The minimum absolute atomic E-state index is 0. The lowest BCUT2D eigenvalue weighted by molar-refractivity contribution is -0.607. The van der Waals surface area contributed by atoms with Gasteiger partial charge in [-0.05, 0) is 62.1 Å². The SMILES string of the molecule is COc1ccc(S(=O)(=O)N(C(=O)CN(C)C)c2ccccc2C=Cc2cccc[n+]2[O-])cc1.Cl. The molecule has 10 heteroatoms. The van der Waals surface area contributed by atoms with E-state index in [1.165, 1.54) is 37.6 Å². The lowest BCUT2D eigenvalue weighted by atomic mass is 10.1. The van der Waals surface area contributed by atoms with E-state index < -0.39 is 15.9 Å². The monoisotopic (exact) mass is 503 g/mol. The second-order valence-corrected chi connectivity index (χ2v) is 9.21. The van der Waals surface area contributed by atoms with Crippen LogP contribution in [0.5, 0.6) is 5.75 Å². The third-order valence-electron chi connectivity index (χ3n) is 4.72. The molecule has 8 nitrogen and oxygen atoms in total. The highest BCUT2D eigenvalue weighted by Gasteiger charge is 2.32. The molecule has 0 saturated heterocycles. The van der Waals surface area contributed by atoms with Gasteiger partial charge in [0, 0.05) is 18.2 Å². The van der Waals surface area contributed by atoms with Gasteiger partial charge in [0.2, 0.25) is 5.69 Å². The van der Waals surface area contributed by atoms with Crippen LogP contribution >= 0.6 is 12.4 Å². The summed E-state index contributed by atoms with van der Waals surface area (Å²) in [4.78, 5) is 14.7. The molecule has 3 aromatic rings. The van der Waals surface area contributed by atoms with Crippen molar-refractivity contribution in [2.75, 3.05) is 32.1 Å². The number of methoxy groups -OCH3 is 1. The Morgan fingerprint density at radius 3 is 2.26 bits per heavy atom. The molecule has 2 aromatic carbocycles. The summed E-state index contributed by atoms with van der Waals surface area (Å²) in [5.74, 6) is -0.118. The number of ether oxygens (including phenoxy) is 1. The number of para-hydroxylation sites is 1. The van der Waals surface area contributed by atoms with E-state index in [4.69, 9.17) is 4.74 Å². The molecule has 0 unspecified atom stereocenters. The quantitative estimate of drug-likeness (QED) is 0.346. The van der Waals surface area contributed by atoms with Crippen LogP contribution in [0.3, 0.4) is 0 Å². The van der Waals surface area contributed by atoms with Crippen LogP contribution in [0.4, 0.5) is 5.69 Å². The molecule has 0 bridgehead atoms. The molecule has 3 rings (SSSR count). The van der Waals surface area contributed by atoms with Crippen molar-refractivity contribution < 1.29 is 22.7 Å². The van der Waals surface area contributed by atoms with Crippen molar-refractivity contribution in [3.63, 3.8) is 0 Å². The Balaban J connectivity index is 0.00000408. The molecule has 1 amide bonds. The predicted octanol–water partition coefficient (Wildman–Crippen LogP) is 3.20. The molecule has 0 aliphatic rings. The summed E-state index contributed by atoms with van der Waals surface area (Å²) >= 11 is 0. The molecular weight excluding hydrogens is 478 g/mol. The van der Waals surface area contributed by atoms with Crippen LogP contribution in [0.15, 0.2) is 77.8 Å². The molecule has 0 N–H and O–H groups in total. The van der Waals surface area contributed by atoms with Gasteiger partial charge < -0.3 is 14.8 Å². The maximum Gasteiger partial charge on any atom is 0.270 e. The summed E-state index contributed by atoms with van der Waals surface area (Å²) < 4.78 is 33.8. The molecule has 180 valence electrons. The summed E-state index contributed by atoms with van der Waals surface area (Å²) in [6.45, 7) is -0.118. The second kappa shape index (κ2) is 11.6. The summed E-state index contributed by atoms with van der Waals surface area (Å²) in [7, 11) is 0.616. The fraction of sp³-hybridized carbons (Fsp3) is 0.167. The third kappa shape index (κ3) is 6.13. The number of pyridine rings is 1. The number of aromatic nitrogens is 1. The van der Waals surface area contributed by atoms with Crippen molar-refractivity contribution in [1.29, 1.82) is 0 Å². The van der Waals surface area contributed by atoms with Crippen molar-refractivity contribution in [3.05, 3.63) is 89.4 Å². The van der Waals surface area contributed by atoms with Crippen molar-refractivity contribution in [3.8, 4) is 5.75 Å². The molecular formula is C24H26ClN3O5S. The number of rotatable bonds is 8. The van der Waals surface area contributed by atoms with E-state index in [1.807, 2.05) is 0 Å². The van der Waals surface area contributed by atoms with E-state index in [1.54, 1.807) is 73.6 Å². The van der Waals surface area contributed by atoms with Crippen LogP contribution in [-0.2, 0) is 14.8 Å². The third-order valence-corrected chi connectivity index (χ3v) is 6.47. The Kier molecular flexibility index (Phi) is 9.19. The van der Waals surface area contributed by atoms with E-state index in [0.717, 1.165) is 4.31 Å². The maximum absolute atomic E-state index is 13.6. The van der Waals surface area contributed by atoms with Gasteiger partial charge in [-0.1, -0.05) is 18.2 Å². The standard InChI is InChI=1S/C24H25N3O5S.ClH/c1-25(2)18-24(28)27(33(30,31)22-15-13-21(32-3)14-16-22)23-10-5-4-8-19(23)11-12-20-9-6-7-17-26(20)29;/h4-17H,18H2,1-3H3;1H. The highest BCUT2D eigenvalue weighted by molar-refractivity contribution is 7.93. The lowest BCUT2D eigenvalue weighted by Crippen LogP contribution is -2.42. The minimum atomic E-state index is -4.24. The highest BCUT2D eigenvalue weighted by Crippen LogP contribution is 2.29. The zero-order valence-electron chi connectivity index (χ0n) is 19.0. The van der Waals surface area contributed by atoms with Crippen LogP contribution in [-0.4, -0.2) is 47.0 Å². The Morgan fingerprint density at radius 1 is 1.00 bits per heavy atom. The number of sulfonamides is 1. The molecule has 0 fully saturated rings. The van der Waals surface area contributed by atoms with E-state index in [2.05, 4.69) is 0 Å². The van der Waals surface area contributed by atoms with Crippen molar-refractivity contribution in [2.24, 2.45) is 0 Å². The second-order valence-electron chi connectivity index (χ2n) is 7.42. The number of likely N-dealkylation sites (N-methyl/N-ethyl adjacent to an activating group) is 1. The molecule has 34 heavy (non-hydrogen) atoms. The van der Waals surface area contributed by atoms with E-state index >= 15 is 0 Å². The fourth-order valence-electron chi connectivity index (χ4n) is 3.14. The van der Waals surface area contributed by atoms with Crippen LogP contribution in [0.25, 0.3) is 12.2 Å². The van der Waals surface area contributed by atoms with E-state index in [-0.39, 0.29) is 29.5 Å². The zero-order chi connectivity index (χ0) is 24.0. The van der Waals surface area contributed by atoms with Crippen LogP contribution in [0, 0.1) is 5.21 Å². The number of benzene rings is 2. The molecule has 0 atom stereocenters. The number of hydrogen-bond acceptors (Lipinski definition) is 6. The first kappa shape index (κ1) is 26.8. The number of carbonyl (C=O) groups is 1. The van der Waals surface area contributed by atoms with Crippen molar-refractivity contribution >= 4 is 46.2 Å². The van der Waals surface area contributed by atoms with Crippen LogP contribution in [0.2, 0.25) is 0 Å². The van der Waals surface area contributed by atoms with Crippen molar-refractivity contribution in [1.82, 2.24) is 4.90 Å². The molecule has 0 aliphatic carbocycles. The molecule has 0 spiro atoms. The Hall–Kier alpha value is -3.40. The number of carbonyl (C=O) groups excluding carboxylic acids is 1. The first-order chi connectivity index (χ1) is 15.7. The van der Waals surface area contributed by atoms with Gasteiger partial charge in [-0.2, -0.15) is 4.73 Å². The maximum atomic E-state index is 13.6. The Morgan fingerprint density at radius 2 is 1.65 bits per heavy atom. The first-order valence-corrected chi connectivity index (χ1v) is 11.5. The number of hydrogen-bond donors (Lipinski definition) is 0. The normalized spacial score (nSPS) is 11.3. The van der Waals surface area contributed by atoms with Gasteiger partial charge in [0.1, 0.15) is 5.75 Å². The largest absolute Gasteiger partial charge is 0.618 e. The molecule has 0 saturated carbocycles. The molecule has 1 aromatic heterocycles. The number of anilines is 1. The summed E-state index contributed by atoms with van der Waals surface area (Å²) in [6, 6.07) is 17.4. The van der Waals surface area contributed by atoms with Gasteiger partial charge in [-0.3, -0.25) is 4.79 Å². The van der Waals surface area contributed by atoms with Gasteiger partial charge in [-0.25, -0.2) is 12.7 Å². The van der Waals surface area contributed by atoms with E-state index in [0.29, 0.717) is 21.7 Å². The van der Waals surface area contributed by atoms with Gasteiger partial charge in [0.05, 0.1) is 24.2 Å². The lowest BCUT2D eigenvalue weighted by Gasteiger charge is -2.25. The molecule has 0 radical (unpaired) electrons. The summed E-state index contributed by atoms with van der Waals surface area (Å²) in [5.41, 5.74) is 1.02. The number of amides is 1. The summed E-state index contributed by atoms with van der Waals surface area (Å²) in [6.07, 6.45) is 4.55. The fourth-order valence-corrected chi connectivity index (χ4v) is 4.59. The Bertz CT molecular complexity index is 1260. The number of halogens is 1. The van der Waals surface area contributed by atoms with Gasteiger partial charge >= 0.3 is 0 Å². The van der Waals surface area contributed by atoms with Gasteiger partial charge in [-0.15, -0.1) is 12.4 Å². The van der Waals surface area contributed by atoms with E-state index in [9.17, 15) is 18.4 Å². The zero-order valence-corrected chi connectivity index (χ0v) is 20.6.